The summed E-state index contributed by atoms with van der Waals surface area (Å²) in [6.45, 7) is 6.60. The van der Waals surface area contributed by atoms with Gasteiger partial charge < -0.3 is 29.2 Å². The van der Waals surface area contributed by atoms with Crippen LogP contribution in [-0.2, 0) is 27.8 Å². The molecule has 188 valence electrons. The summed E-state index contributed by atoms with van der Waals surface area (Å²) in [6, 6.07) is 3.46. The maximum Gasteiger partial charge on any atom is 0.275 e. The Labute approximate surface area is 204 Å². The molecule has 10 nitrogen and oxygen atoms in total. The summed E-state index contributed by atoms with van der Waals surface area (Å²) in [5, 5.41) is 6.06. The molecule has 11 heteroatoms. The van der Waals surface area contributed by atoms with Crippen molar-refractivity contribution < 1.29 is 23.7 Å². The number of benzene rings is 1. The predicted octanol–water partition coefficient (Wildman–Crippen LogP) is 1.87. The maximum absolute atomic E-state index is 13.1. The number of carbonyl (C=O) groups excluding carboxylic acids is 1. The van der Waals surface area contributed by atoms with Gasteiger partial charge in [0, 0.05) is 37.0 Å². The van der Waals surface area contributed by atoms with Gasteiger partial charge in [0.1, 0.15) is 6.10 Å². The normalized spacial score (nSPS) is 17.7. The van der Waals surface area contributed by atoms with Crippen molar-refractivity contribution in [3.05, 3.63) is 44.2 Å². The predicted molar refractivity (Wildman–Crippen MR) is 129 cm³/mol. The van der Waals surface area contributed by atoms with E-state index >= 15 is 0 Å². The molecule has 0 spiro atoms. The highest BCUT2D eigenvalue weighted by Crippen LogP contribution is 2.32. The molecule has 3 rings (SSSR count). The summed E-state index contributed by atoms with van der Waals surface area (Å²) >= 11 is 6.44. The number of hydrogen-bond acceptors (Lipinski definition) is 7. The van der Waals surface area contributed by atoms with E-state index in [1.165, 1.54) is 11.8 Å². The minimum atomic E-state index is -0.335. The summed E-state index contributed by atoms with van der Waals surface area (Å²) in [5.41, 5.74) is 2.13. The number of methoxy groups -OCH3 is 2. The summed E-state index contributed by atoms with van der Waals surface area (Å²) in [4.78, 5) is 27.6. The Morgan fingerprint density at radius 1 is 1.32 bits per heavy atom. The van der Waals surface area contributed by atoms with Gasteiger partial charge in [-0.15, -0.1) is 0 Å². The molecule has 34 heavy (non-hydrogen) atoms. The third kappa shape index (κ3) is 5.57. The van der Waals surface area contributed by atoms with Crippen molar-refractivity contribution in [2.24, 2.45) is 7.05 Å². The number of hydrogen-bond donors (Lipinski definition) is 2. The number of rotatable bonds is 11. The summed E-state index contributed by atoms with van der Waals surface area (Å²) in [7, 11) is 4.68. The SMILES string of the molecule is CCN(c1cc(Cl)cc(C(=O)NCc2c(OC)[nH]n(C)c2=O)c1C)[C@@H]1COC[C@H]1OCCOC. The summed E-state index contributed by atoms with van der Waals surface area (Å²) in [6.07, 6.45) is -0.122. The van der Waals surface area contributed by atoms with Crippen molar-refractivity contribution in [1.29, 1.82) is 0 Å². The molecule has 1 aromatic heterocycles. The average molecular weight is 497 g/mol. The molecule has 2 aromatic rings. The monoisotopic (exact) mass is 496 g/mol. The number of aryl methyl sites for hydroxylation is 1. The number of anilines is 1. The molecule has 1 amide bonds. The van der Waals surface area contributed by atoms with Crippen molar-refractivity contribution >= 4 is 23.2 Å². The van der Waals surface area contributed by atoms with Crippen LogP contribution in [0.1, 0.15) is 28.4 Å². The number of aromatic amines is 1. The van der Waals surface area contributed by atoms with E-state index < -0.39 is 0 Å². The minimum Gasteiger partial charge on any atom is -0.481 e. The zero-order chi connectivity index (χ0) is 24.8. The molecule has 2 heterocycles. The Hall–Kier alpha value is -2.53. The highest BCUT2D eigenvalue weighted by molar-refractivity contribution is 6.31. The Kier molecular flexibility index (Phi) is 9.01. The lowest BCUT2D eigenvalue weighted by molar-refractivity contribution is 0.00728. The topological polar surface area (TPSA) is 107 Å². The standard InChI is InChI=1S/C23H33ClN4O6/c1-6-28(19-12-33-13-20(19)34-8-7-31-4)18-10-15(24)9-16(14(18)2)21(29)25-11-17-22(32-5)26-27(3)23(17)30/h9-10,19-20,26H,6-8,11-13H2,1-5H3,(H,25,29)/t19-,20-/m1/s1. The van der Waals surface area contributed by atoms with E-state index in [9.17, 15) is 9.59 Å². The lowest BCUT2D eigenvalue weighted by Gasteiger charge is -2.34. The van der Waals surface area contributed by atoms with E-state index in [0.29, 0.717) is 55.0 Å². The van der Waals surface area contributed by atoms with Crippen molar-refractivity contribution in [2.75, 3.05) is 52.1 Å². The second-order valence-electron chi connectivity index (χ2n) is 8.06. The van der Waals surface area contributed by atoms with E-state index in [1.807, 2.05) is 19.9 Å². The van der Waals surface area contributed by atoms with Gasteiger partial charge in [-0.2, -0.15) is 0 Å². The first-order valence-electron chi connectivity index (χ1n) is 11.2. The Balaban J connectivity index is 1.83. The van der Waals surface area contributed by atoms with Crippen LogP contribution in [0.5, 0.6) is 5.88 Å². The summed E-state index contributed by atoms with van der Waals surface area (Å²) < 4.78 is 23.3. The highest BCUT2D eigenvalue weighted by Gasteiger charge is 2.34. The third-order valence-electron chi connectivity index (χ3n) is 6.00. The number of amides is 1. The Bertz CT molecular complexity index is 1050. The third-order valence-corrected chi connectivity index (χ3v) is 6.21. The molecule has 0 radical (unpaired) electrons. The Morgan fingerprint density at radius 2 is 2.09 bits per heavy atom. The Morgan fingerprint density at radius 3 is 2.76 bits per heavy atom. The number of halogens is 1. The van der Waals surface area contributed by atoms with E-state index in [4.69, 9.17) is 30.5 Å². The molecule has 1 aliphatic heterocycles. The molecular weight excluding hydrogens is 464 g/mol. The number of carbonyl (C=O) groups is 1. The van der Waals surface area contributed by atoms with Crippen molar-refractivity contribution in [3.8, 4) is 5.88 Å². The van der Waals surface area contributed by atoms with Crippen molar-refractivity contribution in [1.82, 2.24) is 15.1 Å². The highest BCUT2D eigenvalue weighted by atomic mass is 35.5. The first-order chi connectivity index (χ1) is 16.3. The van der Waals surface area contributed by atoms with E-state index in [-0.39, 0.29) is 30.2 Å². The zero-order valence-electron chi connectivity index (χ0n) is 20.3. The van der Waals surface area contributed by atoms with Crippen LogP contribution in [0.2, 0.25) is 5.02 Å². The van der Waals surface area contributed by atoms with E-state index in [0.717, 1.165) is 11.3 Å². The molecule has 0 unspecified atom stereocenters. The average Bonchev–Trinajstić information content (AvgIpc) is 3.39. The fraction of sp³-hybridized carbons (Fsp3) is 0.565. The number of nitrogens with one attached hydrogen (secondary N) is 2. The molecule has 2 atom stereocenters. The van der Waals surface area contributed by atoms with Gasteiger partial charge in [0.2, 0.25) is 5.88 Å². The van der Waals surface area contributed by atoms with Gasteiger partial charge in [0.15, 0.2) is 0 Å². The van der Waals surface area contributed by atoms with E-state index in [1.54, 1.807) is 20.2 Å². The smallest absolute Gasteiger partial charge is 0.275 e. The first-order valence-corrected chi connectivity index (χ1v) is 11.5. The maximum atomic E-state index is 13.1. The summed E-state index contributed by atoms with van der Waals surface area (Å²) in [5.74, 6) is -0.0209. The second kappa shape index (κ2) is 11.7. The zero-order valence-corrected chi connectivity index (χ0v) is 21.0. The molecule has 0 bridgehead atoms. The van der Waals surface area contributed by atoms with Crippen molar-refractivity contribution in [2.45, 2.75) is 32.5 Å². The molecule has 0 aliphatic carbocycles. The quantitative estimate of drug-likeness (QED) is 0.457. The molecule has 1 aromatic carbocycles. The number of H-pyrrole nitrogens is 1. The molecule has 1 saturated heterocycles. The van der Waals surface area contributed by atoms with Gasteiger partial charge in [0.25, 0.3) is 11.5 Å². The van der Waals surface area contributed by atoms with Crippen LogP contribution in [0.4, 0.5) is 5.69 Å². The van der Waals surface area contributed by atoms with Crippen LogP contribution in [0.15, 0.2) is 16.9 Å². The lowest BCUT2D eigenvalue weighted by atomic mass is 10.0. The van der Waals surface area contributed by atoms with Crippen LogP contribution >= 0.6 is 11.6 Å². The fourth-order valence-corrected chi connectivity index (χ4v) is 4.41. The van der Waals surface area contributed by atoms with Crippen LogP contribution in [0.25, 0.3) is 0 Å². The molecule has 0 saturated carbocycles. The van der Waals surface area contributed by atoms with Gasteiger partial charge in [-0.25, -0.2) is 0 Å². The van der Waals surface area contributed by atoms with Gasteiger partial charge in [-0.1, -0.05) is 11.6 Å². The van der Waals surface area contributed by atoms with Crippen molar-refractivity contribution in [3.63, 3.8) is 0 Å². The molecule has 2 N–H and O–H groups in total. The fourth-order valence-electron chi connectivity index (χ4n) is 4.20. The van der Waals surface area contributed by atoms with Crippen LogP contribution in [-0.4, -0.2) is 75.0 Å². The van der Waals surface area contributed by atoms with Gasteiger partial charge in [-0.05, 0) is 31.5 Å². The van der Waals surface area contributed by atoms with E-state index in [2.05, 4.69) is 15.3 Å². The number of ether oxygens (including phenoxy) is 4. The first kappa shape index (κ1) is 26.1. The molecule has 1 aliphatic rings. The largest absolute Gasteiger partial charge is 0.481 e. The number of nitrogens with zero attached hydrogens (tertiary/aromatic N) is 2. The minimum absolute atomic E-state index is 0.0167. The van der Waals surface area contributed by atoms with Crippen LogP contribution in [0.3, 0.4) is 0 Å². The van der Waals surface area contributed by atoms with Gasteiger partial charge >= 0.3 is 0 Å². The van der Waals surface area contributed by atoms with Crippen LogP contribution < -0.4 is 20.5 Å². The molecule has 1 fully saturated rings. The second-order valence-corrected chi connectivity index (χ2v) is 8.50. The van der Waals surface area contributed by atoms with Gasteiger partial charge in [-0.3, -0.25) is 19.4 Å². The number of likely N-dealkylation sites (N-methyl/N-ethyl adjacent to an activating group) is 1. The lowest BCUT2D eigenvalue weighted by Crippen LogP contribution is -2.45. The van der Waals surface area contributed by atoms with Crippen LogP contribution in [0, 0.1) is 6.92 Å². The number of aromatic nitrogens is 2. The molecular formula is C23H33ClN4O6. The van der Waals surface area contributed by atoms with Gasteiger partial charge in [0.05, 0.1) is 51.7 Å².